The van der Waals surface area contributed by atoms with Crippen molar-refractivity contribution in [1.29, 1.82) is 0 Å². The zero-order chi connectivity index (χ0) is 19.8. The summed E-state index contributed by atoms with van der Waals surface area (Å²) < 4.78 is 10.5. The van der Waals surface area contributed by atoms with E-state index in [1.165, 1.54) is 37.6 Å². The number of hydrogen-bond acceptors (Lipinski definition) is 4. The van der Waals surface area contributed by atoms with Gasteiger partial charge in [-0.1, -0.05) is 30.3 Å². The van der Waals surface area contributed by atoms with Crippen molar-refractivity contribution in [3.05, 3.63) is 65.2 Å². The van der Waals surface area contributed by atoms with Gasteiger partial charge < -0.3 is 14.8 Å². The van der Waals surface area contributed by atoms with Crippen LogP contribution >= 0.6 is 0 Å². The highest BCUT2D eigenvalue weighted by molar-refractivity contribution is 5.91. The SMILES string of the molecule is COc1ccc(/C=C/C(=O)NCc2cccc(CN3CCCC3)c2)cc1OC. The van der Waals surface area contributed by atoms with Crippen LogP contribution in [-0.4, -0.2) is 38.1 Å². The van der Waals surface area contributed by atoms with Crippen LogP contribution in [-0.2, 0) is 17.9 Å². The van der Waals surface area contributed by atoms with Crippen molar-refractivity contribution in [1.82, 2.24) is 10.2 Å². The minimum atomic E-state index is -0.125. The van der Waals surface area contributed by atoms with Crippen LogP contribution in [0, 0.1) is 0 Å². The zero-order valence-electron chi connectivity index (χ0n) is 16.6. The number of benzene rings is 2. The first-order chi connectivity index (χ1) is 13.7. The molecule has 0 atom stereocenters. The molecule has 0 aromatic heterocycles. The Labute approximate surface area is 167 Å². The van der Waals surface area contributed by atoms with Gasteiger partial charge in [-0.3, -0.25) is 9.69 Å². The minimum Gasteiger partial charge on any atom is -0.493 e. The summed E-state index contributed by atoms with van der Waals surface area (Å²) in [5, 5.41) is 2.95. The smallest absolute Gasteiger partial charge is 0.244 e. The highest BCUT2D eigenvalue weighted by Gasteiger charge is 2.11. The van der Waals surface area contributed by atoms with E-state index in [2.05, 4.69) is 28.4 Å². The molecule has 2 aromatic carbocycles. The highest BCUT2D eigenvalue weighted by atomic mass is 16.5. The first-order valence-corrected chi connectivity index (χ1v) is 9.66. The monoisotopic (exact) mass is 380 g/mol. The zero-order valence-corrected chi connectivity index (χ0v) is 16.6. The van der Waals surface area contributed by atoms with E-state index < -0.39 is 0 Å². The number of carbonyl (C=O) groups excluding carboxylic acids is 1. The summed E-state index contributed by atoms with van der Waals surface area (Å²) in [5.74, 6) is 1.18. The number of nitrogens with zero attached hydrogens (tertiary/aromatic N) is 1. The lowest BCUT2D eigenvalue weighted by Crippen LogP contribution is -2.21. The lowest BCUT2D eigenvalue weighted by molar-refractivity contribution is -0.116. The van der Waals surface area contributed by atoms with Gasteiger partial charge in [-0.2, -0.15) is 0 Å². The molecule has 0 unspecified atom stereocenters. The van der Waals surface area contributed by atoms with Crippen molar-refractivity contribution in [3.8, 4) is 11.5 Å². The van der Waals surface area contributed by atoms with Crippen LogP contribution in [0.5, 0.6) is 11.5 Å². The molecule has 5 nitrogen and oxygen atoms in total. The maximum atomic E-state index is 12.2. The summed E-state index contributed by atoms with van der Waals surface area (Å²) in [5.41, 5.74) is 3.29. The first kappa shape index (κ1) is 20.0. The predicted molar refractivity (Wildman–Crippen MR) is 111 cm³/mol. The van der Waals surface area contributed by atoms with Gasteiger partial charge >= 0.3 is 0 Å². The number of hydrogen-bond donors (Lipinski definition) is 1. The van der Waals surface area contributed by atoms with E-state index in [1.54, 1.807) is 20.3 Å². The molecule has 28 heavy (non-hydrogen) atoms. The number of rotatable bonds is 8. The van der Waals surface area contributed by atoms with Gasteiger partial charge in [-0.25, -0.2) is 0 Å². The minimum absolute atomic E-state index is 0.125. The standard InChI is InChI=1S/C23H28N2O3/c1-27-21-10-8-18(15-22(21)28-2)9-11-23(26)24-16-19-6-5-7-20(14-19)17-25-12-3-4-13-25/h5-11,14-15H,3-4,12-13,16-17H2,1-2H3,(H,24,26)/b11-9+. The first-order valence-electron chi connectivity index (χ1n) is 9.66. The van der Waals surface area contributed by atoms with Crippen LogP contribution in [0.15, 0.2) is 48.5 Å². The van der Waals surface area contributed by atoms with Gasteiger partial charge in [0.05, 0.1) is 14.2 Å². The van der Waals surface area contributed by atoms with E-state index in [0.29, 0.717) is 18.0 Å². The summed E-state index contributed by atoms with van der Waals surface area (Å²) in [6, 6.07) is 14.0. The van der Waals surface area contributed by atoms with E-state index >= 15 is 0 Å². The van der Waals surface area contributed by atoms with Gasteiger partial charge in [0, 0.05) is 19.2 Å². The number of carbonyl (C=O) groups is 1. The van der Waals surface area contributed by atoms with Gasteiger partial charge in [-0.15, -0.1) is 0 Å². The molecule has 3 rings (SSSR count). The van der Waals surface area contributed by atoms with Crippen LogP contribution in [0.3, 0.4) is 0 Å². The molecule has 5 heteroatoms. The Hall–Kier alpha value is -2.79. The van der Waals surface area contributed by atoms with E-state index in [1.807, 2.05) is 24.3 Å². The van der Waals surface area contributed by atoms with Crippen molar-refractivity contribution in [2.24, 2.45) is 0 Å². The number of likely N-dealkylation sites (tertiary alicyclic amines) is 1. The summed E-state index contributed by atoms with van der Waals surface area (Å²) in [6.45, 7) is 3.87. The van der Waals surface area contributed by atoms with Crippen LogP contribution in [0.25, 0.3) is 6.08 Å². The van der Waals surface area contributed by atoms with E-state index in [4.69, 9.17) is 9.47 Å². The quantitative estimate of drug-likeness (QED) is 0.711. The van der Waals surface area contributed by atoms with Crippen LogP contribution in [0.1, 0.15) is 29.5 Å². The summed E-state index contributed by atoms with van der Waals surface area (Å²) in [6.07, 6.45) is 5.89. The molecule has 1 saturated heterocycles. The Kier molecular flexibility index (Phi) is 7.09. The van der Waals surface area contributed by atoms with Gasteiger partial charge in [0.2, 0.25) is 5.91 Å². The average Bonchev–Trinajstić information content (AvgIpc) is 3.23. The molecular formula is C23H28N2O3. The van der Waals surface area contributed by atoms with Crippen LogP contribution in [0.4, 0.5) is 0 Å². The Morgan fingerprint density at radius 1 is 1.04 bits per heavy atom. The van der Waals surface area contributed by atoms with Gasteiger partial charge in [0.15, 0.2) is 11.5 Å². The lowest BCUT2D eigenvalue weighted by atomic mass is 10.1. The van der Waals surface area contributed by atoms with Crippen molar-refractivity contribution < 1.29 is 14.3 Å². The second-order valence-electron chi connectivity index (χ2n) is 6.97. The fourth-order valence-corrected chi connectivity index (χ4v) is 3.41. The average molecular weight is 380 g/mol. The Bertz CT molecular complexity index is 826. The normalized spacial score (nSPS) is 14.4. The molecule has 1 aliphatic rings. The summed E-state index contributed by atoms with van der Waals surface area (Å²) in [4.78, 5) is 14.6. The molecule has 1 heterocycles. The van der Waals surface area contributed by atoms with Crippen molar-refractivity contribution in [2.75, 3.05) is 27.3 Å². The Morgan fingerprint density at radius 3 is 2.54 bits per heavy atom. The topological polar surface area (TPSA) is 50.8 Å². The van der Waals surface area contributed by atoms with Crippen molar-refractivity contribution >= 4 is 12.0 Å². The maximum Gasteiger partial charge on any atom is 0.244 e. The molecule has 0 radical (unpaired) electrons. The third-order valence-electron chi connectivity index (χ3n) is 4.90. The molecule has 0 bridgehead atoms. The molecule has 1 fully saturated rings. The molecule has 2 aromatic rings. The summed E-state index contributed by atoms with van der Waals surface area (Å²) in [7, 11) is 3.19. The summed E-state index contributed by atoms with van der Waals surface area (Å²) >= 11 is 0. The maximum absolute atomic E-state index is 12.2. The highest BCUT2D eigenvalue weighted by Crippen LogP contribution is 2.27. The Morgan fingerprint density at radius 2 is 1.79 bits per heavy atom. The van der Waals surface area contributed by atoms with E-state index in [9.17, 15) is 4.79 Å². The predicted octanol–water partition coefficient (Wildman–Crippen LogP) is 3.63. The fourth-order valence-electron chi connectivity index (χ4n) is 3.41. The second kappa shape index (κ2) is 9.95. The third-order valence-corrected chi connectivity index (χ3v) is 4.90. The van der Waals surface area contributed by atoms with Gasteiger partial charge in [0.25, 0.3) is 0 Å². The molecule has 0 aliphatic carbocycles. The molecule has 148 valence electrons. The second-order valence-corrected chi connectivity index (χ2v) is 6.97. The number of nitrogens with one attached hydrogen (secondary N) is 1. The lowest BCUT2D eigenvalue weighted by Gasteiger charge is -2.15. The number of methoxy groups -OCH3 is 2. The van der Waals surface area contributed by atoms with Crippen LogP contribution < -0.4 is 14.8 Å². The number of amides is 1. The number of ether oxygens (including phenoxy) is 2. The largest absolute Gasteiger partial charge is 0.493 e. The molecule has 1 amide bonds. The van der Waals surface area contributed by atoms with Crippen molar-refractivity contribution in [3.63, 3.8) is 0 Å². The molecule has 0 spiro atoms. The third kappa shape index (κ3) is 5.60. The van der Waals surface area contributed by atoms with Crippen molar-refractivity contribution in [2.45, 2.75) is 25.9 Å². The fraction of sp³-hybridized carbons (Fsp3) is 0.348. The van der Waals surface area contributed by atoms with E-state index in [0.717, 1.165) is 17.7 Å². The molecular weight excluding hydrogens is 352 g/mol. The molecule has 1 aliphatic heterocycles. The van der Waals surface area contributed by atoms with Gasteiger partial charge in [-0.05, 0) is 60.8 Å². The van der Waals surface area contributed by atoms with E-state index in [-0.39, 0.29) is 5.91 Å². The van der Waals surface area contributed by atoms with Gasteiger partial charge in [0.1, 0.15) is 0 Å². The van der Waals surface area contributed by atoms with Crippen LogP contribution in [0.2, 0.25) is 0 Å². The molecule has 0 saturated carbocycles. The molecule has 1 N–H and O–H groups in total. The Balaban J connectivity index is 1.53.